The molecule has 0 bridgehead atoms. The summed E-state index contributed by atoms with van der Waals surface area (Å²) >= 11 is 0. The first-order chi connectivity index (χ1) is 10.8. The molecule has 0 unspecified atom stereocenters. The van der Waals surface area contributed by atoms with Crippen molar-refractivity contribution in [3.63, 3.8) is 0 Å². The summed E-state index contributed by atoms with van der Waals surface area (Å²) < 4.78 is 0. The van der Waals surface area contributed by atoms with Gasteiger partial charge in [0.2, 0.25) is 0 Å². The predicted molar refractivity (Wildman–Crippen MR) is 84.1 cm³/mol. The molecular weight excluding hydrogens is 278 g/mol. The van der Waals surface area contributed by atoms with Crippen LogP contribution in [0.25, 0.3) is 11.5 Å². The van der Waals surface area contributed by atoms with Gasteiger partial charge in [0.25, 0.3) is 0 Å². The van der Waals surface area contributed by atoms with Crippen molar-refractivity contribution in [2.45, 2.75) is 6.42 Å². The highest BCUT2D eigenvalue weighted by Crippen LogP contribution is 2.31. The van der Waals surface area contributed by atoms with Crippen LogP contribution in [0.1, 0.15) is 5.56 Å². The predicted octanol–water partition coefficient (Wildman–Crippen LogP) is 2.00. The number of hydrogen-bond acceptors (Lipinski definition) is 6. The Morgan fingerprint density at radius 3 is 2.91 bits per heavy atom. The molecule has 3 aromatic rings. The van der Waals surface area contributed by atoms with Gasteiger partial charge in [0.15, 0.2) is 5.82 Å². The Balaban J connectivity index is 1.67. The zero-order valence-electron chi connectivity index (χ0n) is 12.1. The minimum Gasteiger partial charge on any atom is -0.359 e. The van der Waals surface area contributed by atoms with Gasteiger partial charge in [-0.25, -0.2) is 9.97 Å². The number of anilines is 3. The van der Waals surface area contributed by atoms with Crippen molar-refractivity contribution in [2.24, 2.45) is 0 Å². The molecule has 0 amide bonds. The molecule has 22 heavy (non-hydrogen) atoms. The summed E-state index contributed by atoms with van der Waals surface area (Å²) in [5.41, 5.74) is 2.95. The van der Waals surface area contributed by atoms with E-state index in [9.17, 15) is 0 Å². The largest absolute Gasteiger partial charge is 0.359 e. The van der Waals surface area contributed by atoms with Crippen molar-refractivity contribution in [3.8, 4) is 11.5 Å². The molecule has 0 fully saturated rings. The number of nitrogens with one attached hydrogen (secondary N) is 2. The first-order valence-electron chi connectivity index (χ1n) is 7.10. The molecule has 1 aliphatic rings. The average molecular weight is 293 g/mol. The Morgan fingerprint density at radius 2 is 2.05 bits per heavy atom. The van der Waals surface area contributed by atoms with Crippen LogP contribution in [0.3, 0.4) is 0 Å². The maximum Gasteiger partial charge on any atom is 0.182 e. The van der Waals surface area contributed by atoms with E-state index in [4.69, 9.17) is 0 Å². The summed E-state index contributed by atoms with van der Waals surface area (Å²) in [5, 5.41) is 10.7. The standard InChI is InChI=1S/C15H15N7/c1-22-9-5-11-13(20-21-15(11)22)14-17-8-4-12(19-14)18-10-2-6-16-7-3-10/h2-4,6-8H,5,9H2,1H3,(H,20,21)(H,16,17,18,19). The number of H-pyrrole nitrogens is 1. The van der Waals surface area contributed by atoms with Crippen molar-refractivity contribution in [1.82, 2.24) is 25.1 Å². The molecule has 0 radical (unpaired) electrons. The van der Waals surface area contributed by atoms with Gasteiger partial charge in [-0.05, 0) is 24.6 Å². The molecule has 1 aliphatic heterocycles. The monoisotopic (exact) mass is 293 g/mol. The number of hydrogen-bond donors (Lipinski definition) is 2. The fraction of sp³-hybridized carbons (Fsp3) is 0.200. The van der Waals surface area contributed by atoms with Crippen LogP contribution in [0.5, 0.6) is 0 Å². The van der Waals surface area contributed by atoms with E-state index < -0.39 is 0 Å². The summed E-state index contributed by atoms with van der Waals surface area (Å²) in [5.74, 6) is 2.43. The van der Waals surface area contributed by atoms with Gasteiger partial charge in [0, 0.05) is 43.4 Å². The van der Waals surface area contributed by atoms with Crippen molar-refractivity contribution in [1.29, 1.82) is 0 Å². The first-order valence-corrected chi connectivity index (χ1v) is 7.10. The van der Waals surface area contributed by atoms with Gasteiger partial charge >= 0.3 is 0 Å². The molecule has 3 aromatic heterocycles. The highest BCUT2D eigenvalue weighted by atomic mass is 15.3. The lowest BCUT2D eigenvalue weighted by atomic mass is 10.2. The number of likely N-dealkylation sites (N-methyl/N-ethyl adjacent to an activating group) is 1. The molecule has 0 atom stereocenters. The summed E-state index contributed by atoms with van der Waals surface area (Å²) in [4.78, 5) is 15.1. The number of fused-ring (bicyclic) bond motifs is 1. The Kier molecular flexibility index (Phi) is 2.96. The third-order valence-corrected chi connectivity index (χ3v) is 3.74. The van der Waals surface area contributed by atoms with E-state index in [1.54, 1.807) is 18.6 Å². The lowest BCUT2D eigenvalue weighted by molar-refractivity contribution is 0.909. The molecular formula is C15H15N7. The topological polar surface area (TPSA) is 82.6 Å². The first kappa shape index (κ1) is 12.8. The smallest absolute Gasteiger partial charge is 0.182 e. The van der Waals surface area contributed by atoms with Crippen LogP contribution in [-0.4, -0.2) is 38.7 Å². The summed E-state index contributed by atoms with van der Waals surface area (Å²) in [7, 11) is 2.05. The molecule has 0 aliphatic carbocycles. The number of aromatic nitrogens is 5. The molecule has 0 aromatic carbocycles. The van der Waals surface area contributed by atoms with Gasteiger partial charge in [0.05, 0.1) is 0 Å². The summed E-state index contributed by atoms with van der Waals surface area (Å²) in [6, 6.07) is 5.62. The Hall–Kier alpha value is -2.96. The second-order valence-corrected chi connectivity index (χ2v) is 5.20. The molecule has 7 nitrogen and oxygen atoms in total. The third-order valence-electron chi connectivity index (χ3n) is 3.74. The van der Waals surface area contributed by atoms with E-state index >= 15 is 0 Å². The lowest BCUT2D eigenvalue weighted by Crippen LogP contribution is -2.13. The number of pyridine rings is 1. The highest BCUT2D eigenvalue weighted by molar-refractivity contribution is 5.68. The van der Waals surface area contributed by atoms with Crippen LogP contribution < -0.4 is 10.2 Å². The third kappa shape index (κ3) is 2.16. The Labute approximate surface area is 127 Å². The zero-order chi connectivity index (χ0) is 14.9. The van der Waals surface area contributed by atoms with Gasteiger partial charge in [-0.1, -0.05) is 0 Å². The molecule has 0 saturated carbocycles. The molecule has 4 rings (SSSR count). The van der Waals surface area contributed by atoms with Gasteiger partial charge in [-0.15, -0.1) is 0 Å². The van der Waals surface area contributed by atoms with Gasteiger partial charge in [-0.3, -0.25) is 10.1 Å². The van der Waals surface area contributed by atoms with Crippen molar-refractivity contribution in [3.05, 3.63) is 42.4 Å². The molecule has 4 heterocycles. The van der Waals surface area contributed by atoms with E-state index in [1.165, 1.54) is 5.56 Å². The molecule has 110 valence electrons. The fourth-order valence-corrected chi connectivity index (χ4v) is 2.61. The second-order valence-electron chi connectivity index (χ2n) is 5.20. The zero-order valence-corrected chi connectivity index (χ0v) is 12.1. The summed E-state index contributed by atoms with van der Waals surface area (Å²) in [6.07, 6.45) is 6.18. The fourth-order valence-electron chi connectivity index (χ4n) is 2.61. The molecule has 0 saturated heterocycles. The quantitative estimate of drug-likeness (QED) is 0.768. The van der Waals surface area contributed by atoms with Crippen LogP contribution in [-0.2, 0) is 6.42 Å². The van der Waals surface area contributed by atoms with Crippen LogP contribution in [0.15, 0.2) is 36.8 Å². The minimum absolute atomic E-state index is 0.631. The summed E-state index contributed by atoms with van der Waals surface area (Å²) in [6.45, 7) is 0.992. The van der Waals surface area contributed by atoms with E-state index in [2.05, 4.69) is 42.4 Å². The van der Waals surface area contributed by atoms with Gasteiger partial charge in [-0.2, -0.15) is 5.10 Å². The van der Waals surface area contributed by atoms with E-state index in [0.29, 0.717) is 5.82 Å². The Morgan fingerprint density at radius 1 is 1.18 bits per heavy atom. The van der Waals surface area contributed by atoms with Crippen LogP contribution >= 0.6 is 0 Å². The van der Waals surface area contributed by atoms with Gasteiger partial charge < -0.3 is 10.2 Å². The van der Waals surface area contributed by atoms with Crippen LogP contribution in [0.2, 0.25) is 0 Å². The van der Waals surface area contributed by atoms with Crippen LogP contribution in [0, 0.1) is 0 Å². The molecule has 7 heteroatoms. The minimum atomic E-state index is 0.631. The van der Waals surface area contributed by atoms with E-state index in [0.717, 1.165) is 36.0 Å². The lowest BCUT2D eigenvalue weighted by Gasteiger charge is -2.07. The van der Waals surface area contributed by atoms with Crippen LogP contribution in [0.4, 0.5) is 17.3 Å². The molecule has 0 spiro atoms. The normalized spacial score (nSPS) is 13.2. The Bertz CT molecular complexity index is 797. The van der Waals surface area contributed by atoms with E-state index in [1.807, 2.05) is 18.2 Å². The highest BCUT2D eigenvalue weighted by Gasteiger charge is 2.24. The second kappa shape index (κ2) is 5.10. The van der Waals surface area contributed by atoms with Crippen molar-refractivity contribution >= 4 is 17.3 Å². The van der Waals surface area contributed by atoms with Crippen molar-refractivity contribution < 1.29 is 0 Å². The molecule has 2 N–H and O–H groups in total. The maximum absolute atomic E-state index is 4.57. The van der Waals surface area contributed by atoms with Crippen molar-refractivity contribution in [2.75, 3.05) is 23.8 Å². The SMILES string of the molecule is CN1CCc2c(-c3nccc(Nc4ccncc4)n3)n[nH]c21. The maximum atomic E-state index is 4.57. The number of nitrogens with zero attached hydrogens (tertiary/aromatic N) is 5. The van der Waals surface area contributed by atoms with Gasteiger partial charge in [0.1, 0.15) is 17.3 Å². The average Bonchev–Trinajstić information content (AvgIpc) is 3.12. The van der Waals surface area contributed by atoms with E-state index in [-0.39, 0.29) is 0 Å². The number of aromatic amines is 1. The number of rotatable bonds is 3.